The SMILES string of the molecule is CN1[C@H]2CC[C@H]1CC(OC(=O)C(O)(c1ccccc1)c1ccccc1)C2. The Hall–Kier alpha value is -2.17. The van der Waals surface area contributed by atoms with Crippen LogP contribution in [0.4, 0.5) is 0 Å². The van der Waals surface area contributed by atoms with Crippen LogP contribution >= 0.6 is 0 Å². The highest BCUT2D eigenvalue weighted by atomic mass is 16.6. The smallest absolute Gasteiger partial charge is 0.347 e. The molecule has 2 aromatic carbocycles. The minimum atomic E-state index is -1.79. The topological polar surface area (TPSA) is 49.8 Å². The average Bonchev–Trinajstić information content (AvgIpc) is 2.89. The normalized spacial score (nSPS) is 25.8. The van der Waals surface area contributed by atoms with Crippen LogP contribution in [0.1, 0.15) is 36.8 Å². The maximum atomic E-state index is 13.2. The van der Waals surface area contributed by atoms with Gasteiger partial charge in [0.15, 0.2) is 0 Å². The van der Waals surface area contributed by atoms with Crippen molar-refractivity contribution < 1.29 is 14.6 Å². The third-order valence-corrected chi connectivity index (χ3v) is 6.01. The van der Waals surface area contributed by atoms with Crippen molar-refractivity contribution in [1.29, 1.82) is 0 Å². The molecule has 2 fully saturated rings. The second-order valence-electron chi connectivity index (χ2n) is 7.49. The Bertz CT molecular complexity index is 708. The maximum Gasteiger partial charge on any atom is 0.347 e. The van der Waals surface area contributed by atoms with E-state index in [-0.39, 0.29) is 6.10 Å². The Kier molecular flexibility index (Phi) is 4.55. The highest BCUT2D eigenvalue weighted by Gasteiger charge is 2.45. The van der Waals surface area contributed by atoms with E-state index in [9.17, 15) is 9.90 Å². The van der Waals surface area contributed by atoms with Crippen molar-refractivity contribution in [3.05, 3.63) is 71.8 Å². The van der Waals surface area contributed by atoms with Crippen LogP contribution in [0.15, 0.2) is 60.7 Å². The third-order valence-electron chi connectivity index (χ3n) is 6.01. The molecular formula is C22H25NO3. The second-order valence-corrected chi connectivity index (χ2v) is 7.49. The highest BCUT2D eigenvalue weighted by Crippen LogP contribution is 2.37. The van der Waals surface area contributed by atoms with Crippen LogP contribution in [0.3, 0.4) is 0 Å². The predicted octanol–water partition coefficient (Wildman–Crippen LogP) is 3.09. The highest BCUT2D eigenvalue weighted by molar-refractivity contribution is 5.85. The van der Waals surface area contributed by atoms with E-state index in [1.54, 1.807) is 24.3 Å². The molecule has 2 saturated heterocycles. The number of ether oxygens (including phenoxy) is 1. The largest absolute Gasteiger partial charge is 0.460 e. The van der Waals surface area contributed by atoms with Crippen molar-refractivity contribution in [3.63, 3.8) is 0 Å². The van der Waals surface area contributed by atoms with Gasteiger partial charge in [-0.1, -0.05) is 60.7 Å². The van der Waals surface area contributed by atoms with Crippen molar-refractivity contribution in [2.24, 2.45) is 0 Å². The van der Waals surface area contributed by atoms with Gasteiger partial charge in [0.25, 0.3) is 0 Å². The van der Waals surface area contributed by atoms with E-state index in [4.69, 9.17) is 4.74 Å². The molecule has 4 nitrogen and oxygen atoms in total. The Morgan fingerprint density at radius 2 is 1.42 bits per heavy atom. The van der Waals surface area contributed by atoms with Crippen molar-refractivity contribution in [2.75, 3.05) is 7.05 Å². The number of rotatable bonds is 4. The maximum absolute atomic E-state index is 13.2. The van der Waals surface area contributed by atoms with E-state index in [1.807, 2.05) is 36.4 Å². The van der Waals surface area contributed by atoms with Crippen molar-refractivity contribution >= 4 is 5.97 Å². The molecule has 2 bridgehead atoms. The van der Waals surface area contributed by atoms with E-state index in [0.717, 1.165) is 25.7 Å². The average molecular weight is 351 g/mol. The summed E-state index contributed by atoms with van der Waals surface area (Å²) < 4.78 is 5.88. The van der Waals surface area contributed by atoms with Gasteiger partial charge in [0.05, 0.1) is 0 Å². The van der Waals surface area contributed by atoms with Gasteiger partial charge in [-0.25, -0.2) is 4.79 Å². The lowest BCUT2D eigenvalue weighted by molar-refractivity contribution is -0.171. The molecule has 2 atom stereocenters. The Morgan fingerprint density at radius 1 is 0.962 bits per heavy atom. The van der Waals surface area contributed by atoms with E-state index >= 15 is 0 Å². The summed E-state index contributed by atoms with van der Waals surface area (Å²) in [5, 5.41) is 11.5. The van der Waals surface area contributed by atoms with Crippen molar-refractivity contribution in [3.8, 4) is 0 Å². The van der Waals surface area contributed by atoms with E-state index in [1.165, 1.54) is 0 Å². The molecule has 0 spiro atoms. The molecule has 2 aromatic rings. The zero-order valence-corrected chi connectivity index (χ0v) is 15.0. The lowest BCUT2D eigenvalue weighted by Gasteiger charge is -2.37. The van der Waals surface area contributed by atoms with Gasteiger partial charge in [-0.15, -0.1) is 0 Å². The zero-order chi connectivity index (χ0) is 18.1. The summed E-state index contributed by atoms with van der Waals surface area (Å²) in [6.45, 7) is 0. The molecule has 0 unspecified atom stereocenters. The number of carbonyl (C=O) groups is 1. The number of carbonyl (C=O) groups excluding carboxylic acids is 1. The summed E-state index contributed by atoms with van der Waals surface area (Å²) >= 11 is 0. The summed E-state index contributed by atoms with van der Waals surface area (Å²) in [4.78, 5) is 15.6. The number of hydrogen-bond donors (Lipinski definition) is 1. The van der Waals surface area contributed by atoms with Crippen LogP contribution in [-0.4, -0.2) is 41.2 Å². The van der Waals surface area contributed by atoms with Crippen molar-refractivity contribution in [1.82, 2.24) is 4.90 Å². The van der Waals surface area contributed by atoms with E-state index in [0.29, 0.717) is 23.2 Å². The fourth-order valence-electron chi connectivity index (χ4n) is 4.46. The standard InChI is InChI=1S/C22H25NO3/c1-23-18-12-13-19(23)15-20(14-18)26-21(24)22(25,16-8-4-2-5-9-16)17-10-6-3-7-11-17/h2-11,18-20,25H,12-15H2,1H3/t18-,19-/m0/s1. The van der Waals surface area contributed by atoms with Crippen LogP contribution in [0, 0.1) is 0 Å². The van der Waals surface area contributed by atoms with Crippen LogP contribution < -0.4 is 0 Å². The Balaban J connectivity index is 1.61. The van der Waals surface area contributed by atoms with Gasteiger partial charge in [0, 0.05) is 12.1 Å². The number of aliphatic hydroxyl groups is 1. The fourth-order valence-corrected chi connectivity index (χ4v) is 4.46. The molecule has 0 aliphatic carbocycles. The van der Waals surface area contributed by atoms with Gasteiger partial charge in [-0.05, 0) is 43.9 Å². The molecule has 26 heavy (non-hydrogen) atoms. The van der Waals surface area contributed by atoms with Crippen LogP contribution in [0.2, 0.25) is 0 Å². The summed E-state index contributed by atoms with van der Waals surface area (Å²) in [5.74, 6) is -0.580. The number of nitrogens with zero attached hydrogens (tertiary/aromatic N) is 1. The van der Waals surface area contributed by atoms with Gasteiger partial charge in [0.1, 0.15) is 6.10 Å². The number of piperidine rings is 1. The summed E-state index contributed by atoms with van der Waals surface area (Å²) in [7, 11) is 2.16. The fraction of sp³-hybridized carbons (Fsp3) is 0.409. The number of esters is 1. The third kappa shape index (κ3) is 2.93. The molecule has 2 aliphatic heterocycles. The molecule has 2 aliphatic rings. The van der Waals surface area contributed by atoms with Gasteiger partial charge in [0.2, 0.25) is 5.60 Å². The number of benzene rings is 2. The minimum absolute atomic E-state index is 0.129. The van der Waals surface area contributed by atoms with Gasteiger partial charge in [-0.2, -0.15) is 0 Å². The monoisotopic (exact) mass is 351 g/mol. The first kappa shape index (κ1) is 17.3. The summed E-state index contributed by atoms with van der Waals surface area (Å²) in [5.41, 5.74) is -0.718. The molecule has 4 heteroatoms. The first-order chi connectivity index (χ1) is 12.6. The van der Waals surface area contributed by atoms with Crippen LogP contribution in [0.25, 0.3) is 0 Å². The molecule has 1 N–H and O–H groups in total. The zero-order valence-electron chi connectivity index (χ0n) is 15.0. The lowest BCUT2D eigenvalue weighted by Crippen LogP contribution is -2.46. The summed E-state index contributed by atoms with van der Waals surface area (Å²) in [6, 6.07) is 19.1. The lowest BCUT2D eigenvalue weighted by atomic mass is 9.86. The first-order valence-corrected chi connectivity index (χ1v) is 9.35. The number of fused-ring (bicyclic) bond motifs is 2. The van der Waals surface area contributed by atoms with E-state index in [2.05, 4.69) is 11.9 Å². The van der Waals surface area contributed by atoms with Crippen LogP contribution in [-0.2, 0) is 15.1 Å². The quantitative estimate of drug-likeness (QED) is 0.860. The molecule has 2 heterocycles. The Labute approximate surface area is 154 Å². The van der Waals surface area contributed by atoms with Gasteiger partial charge >= 0.3 is 5.97 Å². The molecule has 0 aromatic heterocycles. The second kappa shape index (κ2) is 6.86. The van der Waals surface area contributed by atoms with Crippen LogP contribution in [0.5, 0.6) is 0 Å². The molecule has 0 radical (unpaired) electrons. The Morgan fingerprint density at radius 3 is 1.88 bits per heavy atom. The molecule has 136 valence electrons. The number of hydrogen-bond acceptors (Lipinski definition) is 4. The molecule has 0 saturated carbocycles. The minimum Gasteiger partial charge on any atom is -0.460 e. The predicted molar refractivity (Wildman–Crippen MR) is 99.6 cm³/mol. The van der Waals surface area contributed by atoms with Gasteiger partial charge < -0.3 is 14.7 Å². The summed E-state index contributed by atoms with van der Waals surface area (Å²) in [6.07, 6.45) is 3.89. The molecular weight excluding hydrogens is 326 g/mol. The molecule has 4 rings (SSSR count). The van der Waals surface area contributed by atoms with Gasteiger partial charge in [-0.3, -0.25) is 0 Å². The van der Waals surface area contributed by atoms with Crippen molar-refractivity contribution in [2.45, 2.75) is 49.5 Å². The molecule has 0 amide bonds. The van der Waals surface area contributed by atoms with E-state index < -0.39 is 11.6 Å². The first-order valence-electron chi connectivity index (χ1n) is 9.35.